The number of hydrogen-bond acceptors (Lipinski definition) is 4. The second-order valence-corrected chi connectivity index (χ2v) is 5.14. The number of amides is 1. The lowest BCUT2D eigenvalue weighted by Crippen LogP contribution is -2.35. The number of phenols is 1. The molecule has 3 rings (SSSR count). The van der Waals surface area contributed by atoms with Gasteiger partial charge in [0.1, 0.15) is 5.56 Å². The number of hydrogen-bond donors (Lipinski definition) is 3. The van der Waals surface area contributed by atoms with Crippen molar-refractivity contribution in [3.63, 3.8) is 0 Å². The van der Waals surface area contributed by atoms with E-state index in [1.54, 1.807) is 18.2 Å². The van der Waals surface area contributed by atoms with Crippen LogP contribution in [0.1, 0.15) is 36.0 Å². The Morgan fingerprint density at radius 3 is 2.85 bits per heavy atom. The molecule has 0 bridgehead atoms. The van der Waals surface area contributed by atoms with Gasteiger partial charge >= 0.3 is 0 Å². The number of rotatable bonds is 2. The van der Waals surface area contributed by atoms with Crippen LogP contribution in [0.3, 0.4) is 0 Å². The van der Waals surface area contributed by atoms with E-state index in [9.17, 15) is 9.90 Å². The number of para-hydroxylation sites is 1. The molecule has 1 aliphatic rings. The molecule has 1 amide bonds. The predicted octanol–water partition coefficient (Wildman–Crippen LogP) is 2.29. The number of phenolic OH excluding ortho intramolecular Hbond substituents is 1. The third-order valence-electron chi connectivity index (χ3n) is 3.71. The molecule has 5 heteroatoms. The second-order valence-electron chi connectivity index (χ2n) is 5.14. The summed E-state index contributed by atoms with van der Waals surface area (Å²) in [4.78, 5) is 12.2. The number of carbonyl (C=O) groups excluding carboxylic acids is 1. The Morgan fingerprint density at radius 1 is 1.35 bits per heavy atom. The zero-order valence-electron chi connectivity index (χ0n) is 11.0. The van der Waals surface area contributed by atoms with E-state index >= 15 is 0 Å². The normalized spacial score (nSPS) is 15.6. The van der Waals surface area contributed by atoms with Crippen LogP contribution in [-0.4, -0.2) is 17.1 Å². The van der Waals surface area contributed by atoms with Gasteiger partial charge in [-0.15, -0.1) is 0 Å². The van der Waals surface area contributed by atoms with Crippen LogP contribution in [-0.2, 0) is 0 Å². The highest BCUT2D eigenvalue weighted by atomic mass is 16.4. The van der Waals surface area contributed by atoms with E-state index in [4.69, 9.17) is 9.83 Å². The van der Waals surface area contributed by atoms with E-state index in [-0.39, 0.29) is 34.4 Å². The Hall–Kier alpha value is -2.30. The molecule has 20 heavy (non-hydrogen) atoms. The van der Waals surface area contributed by atoms with Crippen molar-refractivity contribution in [2.75, 3.05) is 0 Å². The first-order chi connectivity index (χ1) is 9.65. The van der Waals surface area contributed by atoms with E-state index in [0.717, 1.165) is 25.7 Å². The monoisotopic (exact) mass is 272 g/mol. The van der Waals surface area contributed by atoms with Crippen LogP contribution in [0.25, 0.3) is 11.0 Å². The summed E-state index contributed by atoms with van der Waals surface area (Å²) in [6.07, 6.45) is 4.25. The second kappa shape index (κ2) is 5.00. The first kappa shape index (κ1) is 12.7. The van der Waals surface area contributed by atoms with E-state index < -0.39 is 0 Å². The van der Waals surface area contributed by atoms with Crippen LogP contribution in [0.2, 0.25) is 0 Å². The van der Waals surface area contributed by atoms with Gasteiger partial charge in [-0.3, -0.25) is 10.2 Å². The molecule has 0 saturated heterocycles. The van der Waals surface area contributed by atoms with Gasteiger partial charge in [0, 0.05) is 11.4 Å². The quantitative estimate of drug-likeness (QED) is 0.784. The Bertz CT molecular complexity index is 715. The number of carbonyl (C=O) groups is 1. The Labute approximate surface area is 115 Å². The van der Waals surface area contributed by atoms with Crippen LogP contribution < -0.4 is 10.9 Å². The molecule has 0 radical (unpaired) electrons. The lowest BCUT2D eigenvalue weighted by atomic mass is 10.1. The van der Waals surface area contributed by atoms with Crippen molar-refractivity contribution in [2.24, 2.45) is 0 Å². The fraction of sp³-hybridized carbons (Fsp3) is 0.333. The fourth-order valence-electron chi connectivity index (χ4n) is 2.65. The van der Waals surface area contributed by atoms with Gasteiger partial charge in [0.25, 0.3) is 5.91 Å². The number of nitrogens with one attached hydrogen (secondary N) is 2. The van der Waals surface area contributed by atoms with Crippen molar-refractivity contribution in [2.45, 2.75) is 31.7 Å². The molecule has 0 aliphatic heterocycles. The summed E-state index contributed by atoms with van der Waals surface area (Å²) < 4.78 is 5.27. The minimum atomic E-state index is -0.282. The van der Waals surface area contributed by atoms with Gasteiger partial charge < -0.3 is 14.8 Å². The summed E-state index contributed by atoms with van der Waals surface area (Å²) in [5.74, 6) is -0.311. The van der Waals surface area contributed by atoms with Crippen molar-refractivity contribution in [1.82, 2.24) is 5.32 Å². The van der Waals surface area contributed by atoms with Crippen LogP contribution in [0.15, 0.2) is 28.7 Å². The van der Waals surface area contributed by atoms with Crippen LogP contribution in [0.4, 0.5) is 0 Å². The molecule has 1 heterocycles. The topological polar surface area (TPSA) is 86.3 Å². The molecule has 0 spiro atoms. The van der Waals surface area contributed by atoms with Gasteiger partial charge in [-0.2, -0.15) is 0 Å². The highest BCUT2D eigenvalue weighted by Crippen LogP contribution is 2.23. The Morgan fingerprint density at radius 2 is 2.10 bits per heavy atom. The molecule has 1 aliphatic carbocycles. The van der Waals surface area contributed by atoms with Crippen LogP contribution in [0, 0.1) is 5.41 Å². The number of benzene rings is 1. The molecule has 3 N–H and O–H groups in total. The van der Waals surface area contributed by atoms with Gasteiger partial charge in [0.15, 0.2) is 11.3 Å². The minimum Gasteiger partial charge on any atom is -0.504 e. The van der Waals surface area contributed by atoms with Gasteiger partial charge in [0.05, 0.1) is 0 Å². The Kier molecular flexibility index (Phi) is 3.18. The largest absolute Gasteiger partial charge is 0.504 e. The maximum Gasteiger partial charge on any atom is 0.257 e. The van der Waals surface area contributed by atoms with Gasteiger partial charge in [-0.25, -0.2) is 0 Å². The summed E-state index contributed by atoms with van der Waals surface area (Å²) >= 11 is 0. The van der Waals surface area contributed by atoms with Crippen LogP contribution in [0.5, 0.6) is 5.75 Å². The van der Waals surface area contributed by atoms with Crippen molar-refractivity contribution in [3.8, 4) is 5.75 Å². The molecule has 104 valence electrons. The zero-order valence-corrected chi connectivity index (χ0v) is 11.0. The fourth-order valence-corrected chi connectivity index (χ4v) is 2.65. The highest BCUT2D eigenvalue weighted by molar-refractivity contribution is 5.97. The highest BCUT2D eigenvalue weighted by Gasteiger charge is 2.20. The molecule has 5 nitrogen and oxygen atoms in total. The summed E-state index contributed by atoms with van der Waals surface area (Å²) in [6, 6.07) is 6.69. The average molecular weight is 272 g/mol. The molecule has 2 aromatic rings. The van der Waals surface area contributed by atoms with Crippen molar-refractivity contribution < 1.29 is 14.3 Å². The summed E-state index contributed by atoms with van der Waals surface area (Å²) in [7, 11) is 0. The third kappa shape index (κ3) is 2.27. The zero-order chi connectivity index (χ0) is 14.1. The molecule has 0 unspecified atom stereocenters. The maximum atomic E-state index is 12.2. The van der Waals surface area contributed by atoms with Crippen molar-refractivity contribution >= 4 is 16.9 Å². The molecule has 0 atom stereocenters. The molecule has 1 aromatic carbocycles. The van der Waals surface area contributed by atoms with Gasteiger partial charge in [-0.1, -0.05) is 25.0 Å². The average Bonchev–Trinajstić information content (AvgIpc) is 2.92. The molecule has 1 saturated carbocycles. The molecule has 1 aromatic heterocycles. The summed E-state index contributed by atoms with van der Waals surface area (Å²) in [6.45, 7) is 0. The first-order valence-corrected chi connectivity index (χ1v) is 6.76. The minimum absolute atomic E-state index is 0.0289. The third-order valence-corrected chi connectivity index (χ3v) is 3.71. The van der Waals surface area contributed by atoms with Gasteiger partial charge in [0.2, 0.25) is 5.55 Å². The number of aromatic hydroxyl groups is 1. The van der Waals surface area contributed by atoms with E-state index in [1.807, 2.05) is 0 Å². The molecular weight excluding hydrogens is 256 g/mol. The summed E-state index contributed by atoms with van der Waals surface area (Å²) in [5.41, 5.74) is 0.208. The van der Waals surface area contributed by atoms with Crippen molar-refractivity contribution in [1.29, 1.82) is 5.41 Å². The number of fused-ring (bicyclic) bond motifs is 1. The first-order valence-electron chi connectivity index (χ1n) is 6.76. The molecular formula is C15H16N2O3. The van der Waals surface area contributed by atoms with E-state index in [0.29, 0.717) is 5.39 Å². The SMILES string of the molecule is N=c1oc2c(O)cccc2cc1C(=O)NC1CCCC1. The lowest BCUT2D eigenvalue weighted by Gasteiger charge is -2.12. The standard InChI is InChI=1S/C15H16N2O3/c16-14-11(15(19)17-10-5-1-2-6-10)8-9-4-3-7-12(18)13(9)20-14/h3-4,7-8,10,16,18H,1-2,5-6H2,(H,17,19). The van der Waals surface area contributed by atoms with E-state index in [1.165, 1.54) is 6.07 Å². The molecule has 1 fully saturated rings. The lowest BCUT2D eigenvalue weighted by molar-refractivity contribution is 0.0933. The predicted molar refractivity (Wildman–Crippen MR) is 73.5 cm³/mol. The smallest absolute Gasteiger partial charge is 0.257 e. The maximum absolute atomic E-state index is 12.2. The Balaban J connectivity index is 1.96. The van der Waals surface area contributed by atoms with E-state index in [2.05, 4.69) is 5.32 Å². The summed E-state index contributed by atoms with van der Waals surface area (Å²) in [5, 5.41) is 21.0. The van der Waals surface area contributed by atoms with Crippen molar-refractivity contribution in [3.05, 3.63) is 35.4 Å². The van der Waals surface area contributed by atoms with Gasteiger partial charge in [-0.05, 0) is 25.0 Å². The van der Waals surface area contributed by atoms with Crippen LogP contribution >= 0.6 is 0 Å².